The monoisotopic (exact) mass is 302 g/mol. The molecule has 0 unspecified atom stereocenters. The highest BCUT2D eigenvalue weighted by atomic mass is 14.9. The van der Waals surface area contributed by atoms with E-state index in [-0.39, 0.29) is 0 Å². The second-order valence-corrected chi connectivity index (χ2v) is 6.45. The van der Waals surface area contributed by atoms with E-state index >= 15 is 0 Å². The molecule has 0 bridgehead atoms. The van der Waals surface area contributed by atoms with E-state index in [0.29, 0.717) is 0 Å². The van der Waals surface area contributed by atoms with Crippen molar-refractivity contribution < 1.29 is 4.57 Å². The smallest absolute Gasteiger partial charge is 0.201 e. The second kappa shape index (κ2) is 6.00. The van der Waals surface area contributed by atoms with Gasteiger partial charge in [0.1, 0.15) is 7.05 Å². The van der Waals surface area contributed by atoms with E-state index in [1.165, 1.54) is 44.6 Å². The molecule has 0 amide bonds. The van der Waals surface area contributed by atoms with Crippen molar-refractivity contribution in [2.45, 2.75) is 27.7 Å². The van der Waals surface area contributed by atoms with Gasteiger partial charge in [0.2, 0.25) is 5.69 Å². The molecule has 0 radical (unpaired) electrons. The molecule has 3 rings (SSSR count). The molecule has 0 N–H and O–H groups in total. The van der Waals surface area contributed by atoms with Crippen LogP contribution in [0.1, 0.15) is 22.3 Å². The van der Waals surface area contributed by atoms with Gasteiger partial charge in [-0.05, 0) is 67.6 Å². The van der Waals surface area contributed by atoms with Crippen LogP contribution in [0, 0.1) is 27.7 Å². The fraction of sp³-hybridized carbons (Fsp3) is 0.227. The summed E-state index contributed by atoms with van der Waals surface area (Å²) in [5, 5.41) is 0. The number of nitrogens with zero attached hydrogens (tertiary/aromatic N) is 1. The van der Waals surface area contributed by atoms with E-state index in [9.17, 15) is 0 Å². The van der Waals surface area contributed by atoms with Crippen molar-refractivity contribution in [3.63, 3.8) is 0 Å². The van der Waals surface area contributed by atoms with Gasteiger partial charge in [0.05, 0.1) is 0 Å². The van der Waals surface area contributed by atoms with Crippen molar-refractivity contribution >= 4 is 0 Å². The number of aromatic nitrogens is 1. The zero-order valence-electron chi connectivity index (χ0n) is 14.6. The average molecular weight is 302 g/mol. The Balaban J connectivity index is 2.26. The zero-order chi connectivity index (χ0) is 16.6. The van der Waals surface area contributed by atoms with E-state index in [1.807, 2.05) is 0 Å². The van der Waals surface area contributed by atoms with Crippen LogP contribution in [0.15, 0.2) is 54.7 Å². The summed E-state index contributed by atoms with van der Waals surface area (Å²) in [6, 6.07) is 17.5. The lowest BCUT2D eigenvalue weighted by molar-refractivity contribution is -0.660. The molecule has 0 spiro atoms. The predicted molar refractivity (Wildman–Crippen MR) is 97.4 cm³/mol. The number of pyridine rings is 1. The van der Waals surface area contributed by atoms with E-state index in [4.69, 9.17) is 0 Å². The van der Waals surface area contributed by atoms with Gasteiger partial charge in [-0.3, -0.25) is 0 Å². The standard InChI is InChI=1S/C22H24N/c1-15-10-13-21(23(5)14-15)20-12-11-17(3)22(18(20)4)19-9-7-6-8-16(19)2/h6-14H,1-5H3/q+1. The Morgan fingerprint density at radius 1 is 0.696 bits per heavy atom. The molecule has 2 aromatic carbocycles. The third kappa shape index (κ3) is 2.79. The first-order valence-corrected chi connectivity index (χ1v) is 8.12. The Labute approximate surface area is 139 Å². The van der Waals surface area contributed by atoms with Gasteiger partial charge in [-0.15, -0.1) is 0 Å². The SMILES string of the molecule is Cc1ccc(-c2ccc(C)c(-c3ccccc3C)c2C)[n+](C)c1. The first-order chi connectivity index (χ1) is 11.0. The highest BCUT2D eigenvalue weighted by Crippen LogP contribution is 2.34. The summed E-state index contributed by atoms with van der Waals surface area (Å²) < 4.78 is 2.22. The number of benzene rings is 2. The maximum Gasteiger partial charge on any atom is 0.212 e. The number of rotatable bonds is 2. The predicted octanol–water partition coefficient (Wildman–Crippen LogP) is 5.08. The minimum absolute atomic E-state index is 1.25. The lowest BCUT2D eigenvalue weighted by atomic mass is 9.89. The Bertz CT molecular complexity index is 875. The van der Waals surface area contributed by atoms with E-state index in [2.05, 4.69) is 94.0 Å². The molecule has 1 nitrogen and oxygen atoms in total. The van der Waals surface area contributed by atoms with Gasteiger partial charge < -0.3 is 0 Å². The largest absolute Gasteiger partial charge is 0.212 e. The van der Waals surface area contributed by atoms with Crippen LogP contribution in [0.2, 0.25) is 0 Å². The van der Waals surface area contributed by atoms with Crippen LogP contribution in [0.4, 0.5) is 0 Å². The number of hydrogen-bond donors (Lipinski definition) is 0. The summed E-state index contributed by atoms with van der Waals surface area (Å²) in [4.78, 5) is 0. The quantitative estimate of drug-likeness (QED) is 0.581. The summed E-state index contributed by atoms with van der Waals surface area (Å²) in [7, 11) is 2.12. The summed E-state index contributed by atoms with van der Waals surface area (Å²) in [5.41, 5.74) is 10.5. The average Bonchev–Trinajstić information content (AvgIpc) is 2.50. The molecule has 1 aromatic heterocycles. The summed E-state index contributed by atoms with van der Waals surface area (Å²) in [6.07, 6.45) is 2.18. The topological polar surface area (TPSA) is 3.88 Å². The molecule has 3 aromatic rings. The van der Waals surface area contributed by atoms with Crippen LogP contribution in [-0.4, -0.2) is 0 Å². The summed E-state index contributed by atoms with van der Waals surface area (Å²) in [6.45, 7) is 8.76. The van der Waals surface area contributed by atoms with Gasteiger partial charge in [-0.1, -0.05) is 30.3 Å². The lowest BCUT2D eigenvalue weighted by Crippen LogP contribution is -2.31. The van der Waals surface area contributed by atoms with E-state index in [0.717, 1.165) is 0 Å². The van der Waals surface area contributed by atoms with Crippen molar-refractivity contribution in [1.29, 1.82) is 0 Å². The molecule has 0 fully saturated rings. The minimum Gasteiger partial charge on any atom is -0.201 e. The molecule has 0 saturated heterocycles. The van der Waals surface area contributed by atoms with Gasteiger partial charge in [0.25, 0.3) is 0 Å². The van der Waals surface area contributed by atoms with Crippen LogP contribution in [0.25, 0.3) is 22.4 Å². The molecule has 1 heteroatoms. The van der Waals surface area contributed by atoms with Crippen molar-refractivity contribution in [3.8, 4) is 22.4 Å². The van der Waals surface area contributed by atoms with Crippen LogP contribution in [0.3, 0.4) is 0 Å². The third-order valence-electron chi connectivity index (χ3n) is 4.65. The van der Waals surface area contributed by atoms with Gasteiger partial charge in [0, 0.05) is 17.2 Å². The number of aryl methyl sites for hydroxylation is 4. The van der Waals surface area contributed by atoms with Gasteiger partial charge in [0.15, 0.2) is 6.20 Å². The van der Waals surface area contributed by atoms with Gasteiger partial charge in [-0.25, -0.2) is 4.57 Å². The summed E-state index contributed by atoms with van der Waals surface area (Å²) >= 11 is 0. The van der Waals surface area contributed by atoms with Gasteiger partial charge in [-0.2, -0.15) is 0 Å². The molecular weight excluding hydrogens is 278 g/mol. The normalized spacial score (nSPS) is 10.8. The highest BCUT2D eigenvalue weighted by molar-refractivity contribution is 5.80. The van der Waals surface area contributed by atoms with Crippen LogP contribution in [0.5, 0.6) is 0 Å². The maximum absolute atomic E-state index is 2.25. The van der Waals surface area contributed by atoms with Crippen molar-refractivity contribution in [1.82, 2.24) is 0 Å². The molecule has 0 aliphatic carbocycles. The third-order valence-corrected chi connectivity index (χ3v) is 4.65. The molecule has 116 valence electrons. The maximum atomic E-state index is 2.25. The molecule has 0 atom stereocenters. The zero-order valence-corrected chi connectivity index (χ0v) is 14.6. The molecule has 0 saturated carbocycles. The lowest BCUT2D eigenvalue weighted by Gasteiger charge is -2.15. The minimum atomic E-state index is 1.25. The number of hydrogen-bond acceptors (Lipinski definition) is 0. The van der Waals surface area contributed by atoms with Crippen LogP contribution < -0.4 is 4.57 Å². The van der Waals surface area contributed by atoms with Crippen molar-refractivity contribution in [2.75, 3.05) is 0 Å². The molecule has 0 aliphatic rings. The Morgan fingerprint density at radius 2 is 1.43 bits per heavy atom. The van der Waals surface area contributed by atoms with E-state index in [1.54, 1.807) is 0 Å². The molecule has 23 heavy (non-hydrogen) atoms. The highest BCUT2D eigenvalue weighted by Gasteiger charge is 2.17. The Hall–Kier alpha value is -2.41. The van der Waals surface area contributed by atoms with Crippen LogP contribution >= 0.6 is 0 Å². The second-order valence-electron chi connectivity index (χ2n) is 6.45. The molecule has 0 aliphatic heterocycles. The van der Waals surface area contributed by atoms with E-state index < -0.39 is 0 Å². The Morgan fingerprint density at radius 3 is 2.13 bits per heavy atom. The van der Waals surface area contributed by atoms with Gasteiger partial charge >= 0.3 is 0 Å². The first-order valence-electron chi connectivity index (χ1n) is 8.12. The Kier molecular flexibility index (Phi) is 4.04. The molecular formula is C22H24N+. The fourth-order valence-electron chi connectivity index (χ4n) is 3.42. The van der Waals surface area contributed by atoms with Crippen LogP contribution in [-0.2, 0) is 7.05 Å². The first kappa shape index (κ1) is 15.5. The van der Waals surface area contributed by atoms with Crippen molar-refractivity contribution in [3.05, 3.63) is 77.0 Å². The fourth-order valence-corrected chi connectivity index (χ4v) is 3.42. The molecule has 1 heterocycles. The summed E-state index contributed by atoms with van der Waals surface area (Å²) in [5.74, 6) is 0. The van der Waals surface area contributed by atoms with Crippen molar-refractivity contribution in [2.24, 2.45) is 7.05 Å².